The number of piperazine rings is 1. The number of hydrogen-bond acceptors (Lipinski definition) is 7. The minimum Gasteiger partial charge on any atom is -0.497 e. The summed E-state index contributed by atoms with van der Waals surface area (Å²) in [7, 11) is 1.68. The molecule has 1 aromatic heterocycles. The lowest BCUT2D eigenvalue weighted by molar-refractivity contribution is 0.0943. The van der Waals surface area contributed by atoms with Crippen LogP contribution in [-0.2, 0) is 5.75 Å². The van der Waals surface area contributed by atoms with E-state index in [0.29, 0.717) is 21.6 Å². The highest BCUT2D eigenvalue weighted by Gasteiger charge is 2.21. The Kier molecular flexibility index (Phi) is 9.83. The number of nitrogens with one attached hydrogen (secondary N) is 1. The number of carbonyl (C=O) groups excluding carboxylic acids is 1. The third-order valence-corrected chi connectivity index (χ3v) is 8.91. The van der Waals surface area contributed by atoms with Crippen LogP contribution in [-0.4, -0.2) is 49.2 Å². The summed E-state index contributed by atoms with van der Waals surface area (Å²) in [5.41, 5.74) is 4.84. The zero-order valence-electron chi connectivity index (χ0n) is 25.0. The summed E-state index contributed by atoms with van der Waals surface area (Å²) in [6, 6.07) is 37.5. The number of halogens is 1. The molecule has 0 radical (unpaired) electrons. The molecular weight excluding hydrogens is 602 g/mol. The van der Waals surface area contributed by atoms with Gasteiger partial charge < -0.3 is 19.9 Å². The van der Waals surface area contributed by atoms with Crippen LogP contribution in [0.5, 0.6) is 5.75 Å². The van der Waals surface area contributed by atoms with Gasteiger partial charge in [0.25, 0.3) is 5.91 Å². The third kappa shape index (κ3) is 7.77. The Morgan fingerprint density at radius 3 is 2.11 bits per heavy atom. The van der Waals surface area contributed by atoms with Crippen LogP contribution in [0, 0.1) is 0 Å². The van der Waals surface area contributed by atoms with E-state index in [1.807, 2.05) is 103 Å². The fourth-order valence-electron chi connectivity index (χ4n) is 5.41. The monoisotopic (exact) mass is 635 g/mol. The Labute approximate surface area is 273 Å². The molecule has 1 aliphatic rings. The van der Waals surface area contributed by atoms with Crippen molar-refractivity contribution in [1.29, 1.82) is 0 Å². The average Bonchev–Trinajstić information content (AvgIpc) is 3.10. The first-order chi connectivity index (χ1) is 22.1. The molecule has 1 amide bonds. The minimum absolute atomic E-state index is 0.130. The van der Waals surface area contributed by atoms with Crippen LogP contribution >= 0.6 is 23.4 Å². The lowest BCUT2D eigenvalue weighted by Crippen LogP contribution is -2.46. The van der Waals surface area contributed by atoms with Gasteiger partial charge in [0.15, 0.2) is 5.16 Å². The van der Waals surface area contributed by atoms with Crippen molar-refractivity contribution in [3.05, 3.63) is 143 Å². The van der Waals surface area contributed by atoms with Gasteiger partial charge in [-0.15, -0.1) is 0 Å². The maximum atomic E-state index is 13.5. The van der Waals surface area contributed by atoms with Crippen molar-refractivity contribution in [3.63, 3.8) is 0 Å². The second-order valence-electron chi connectivity index (χ2n) is 10.7. The number of carbonyl (C=O) groups is 1. The molecule has 45 heavy (non-hydrogen) atoms. The third-order valence-electron chi connectivity index (χ3n) is 7.80. The molecule has 1 fully saturated rings. The van der Waals surface area contributed by atoms with Crippen molar-refractivity contribution >= 4 is 40.8 Å². The molecule has 1 aliphatic heterocycles. The Balaban J connectivity index is 1.09. The Hall–Kier alpha value is -4.53. The SMILES string of the molecule is COc1ccc(N2CCN(c3cc(Cl)nc(SCc4cccc(C(=O)NC(c5ccccc5)c5ccccc5)c4)n3)CC2)cc1. The first kappa shape index (κ1) is 30.5. The Morgan fingerprint density at radius 1 is 0.822 bits per heavy atom. The zero-order chi connectivity index (χ0) is 31.0. The predicted molar refractivity (Wildman–Crippen MR) is 183 cm³/mol. The first-order valence-corrected chi connectivity index (χ1v) is 16.2. The van der Waals surface area contributed by atoms with Gasteiger partial charge in [-0.1, -0.05) is 96.2 Å². The van der Waals surface area contributed by atoms with E-state index >= 15 is 0 Å². The molecule has 1 saturated heterocycles. The topological polar surface area (TPSA) is 70.6 Å². The van der Waals surface area contributed by atoms with Crippen LogP contribution in [0.3, 0.4) is 0 Å². The molecule has 2 heterocycles. The number of ether oxygens (including phenoxy) is 1. The molecule has 9 heteroatoms. The second-order valence-corrected chi connectivity index (χ2v) is 12.1. The average molecular weight is 636 g/mol. The van der Waals surface area contributed by atoms with Gasteiger partial charge in [-0.3, -0.25) is 4.79 Å². The van der Waals surface area contributed by atoms with Gasteiger partial charge in [-0.25, -0.2) is 9.97 Å². The molecule has 1 N–H and O–H groups in total. The fourth-order valence-corrected chi connectivity index (χ4v) is 6.44. The Bertz CT molecular complexity index is 1680. The van der Waals surface area contributed by atoms with E-state index in [1.165, 1.54) is 17.4 Å². The van der Waals surface area contributed by atoms with Gasteiger partial charge in [0, 0.05) is 49.2 Å². The number of anilines is 2. The van der Waals surface area contributed by atoms with Gasteiger partial charge in [0.05, 0.1) is 13.2 Å². The van der Waals surface area contributed by atoms with E-state index in [9.17, 15) is 4.79 Å². The smallest absolute Gasteiger partial charge is 0.252 e. The Morgan fingerprint density at radius 2 is 1.47 bits per heavy atom. The fraction of sp³-hybridized carbons (Fsp3) is 0.194. The van der Waals surface area contributed by atoms with Crippen molar-refractivity contribution in [2.24, 2.45) is 0 Å². The maximum absolute atomic E-state index is 13.5. The molecule has 228 valence electrons. The van der Waals surface area contributed by atoms with Gasteiger partial charge in [0.1, 0.15) is 16.7 Å². The van der Waals surface area contributed by atoms with Crippen molar-refractivity contribution in [1.82, 2.24) is 15.3 Å². The van der Waals surface area contributed by atoms with Crippen LogP contribution in [0.2, 0.25) is 5.15 Å². The summed E-state index contributed by atoms with van der Waals surface area (Å²) < 4.78 is 5.29. The van der Waals surface area contributed by atoms with Gasteiger partial charge in [-0.05, 0) is 53.1 Å². The zero-order valence-corrected chi connectivity index (χ0v) is 26.5. The first-order valence-electron chi connectivity index (χ1n) is 14.9. The van der Waals surface area contributed by atoms with Crippen LogP contribution in [0.1, 0.15) is 33.1 Å². The van der Waals surface area contributed by atoms with Crippen LogP contribution in [0.25, 0.3) is 0 Å². The highest BCUT2D eigenvalue weighted by Crippen LogP contribution is 2.28. The largest absolute Gasteiger partial charge is 0.497 e. The van der Waals surface area contributed by atoms with Crippen LogP contribution < -0.4 is 19.9 Å². The van der Waals surface area contributed by atoms with Crippen molar-refractivity contribution in [3.8, 4) is 5.75 Å². The summed E-state index contributed by atoms with van der Waals surface area (Å²) in [5.74, 6) is 2.16. The van der Waals surface area contributed by atoms with E-state index in [0.717, 1.165) is 54.4 Å². The molecule has 6 rings (SSSR count). The van der Waals surface area contributed by atoms with E-state index < -0.39 is 0 Å². The molecule has 7 nitrogen and oxygen atoms in total. The number of nitrogens with zero attached hydrogens (tertiary/aromatic N) is 4. The van der Waals surface area contributed by atoms with E-state index in [-0.39, 0.29) is 11.9 Å². The van der Waals surface area contributed by atoms with Gasteiger partial charge in [0.2, 0.25) is 0 Å². The van der Waals surface area contributed by atoms with Crippen LogP contribution in [0.15, 0.2) is 120 Å². The maximum Gasteiger partial charge on any atom is 0.252 e. The minimum atomic E-state index is -0.255. The number of rotatable bonds is 10. The molecule has 5 aromatic rings. The number of benzene rings is 4. The standard InChI is InChI=1S/C36H34ClN5O2S/c1-44-31-17-15-30(16-18-31)41-19-21-42(22-20-41)33-24-32(37)38-36(39-33)45-25-26-9-8-14-29(23-26)35(43)40-34(27-10-4-2-5-11-27)28-12-6-3-7-13-28/h2-18,23-24,34H,19-22,25H2,1H3,(H,40,43). The van der Waals surface area contributed by atoms with Gasteiger partial charge in [-0.2, -0.15) is 0 Å². The lowest BCUT2D eigenvalue weighted by Gasteiger charge is -2.36. The number of hydrogen-bond donors (Lipinski definition) is 1. The van der Waals surface area contributed by atoms with Crippen molar-refractivity contribution in [2.45, 2.75) is 17.0 Å². The highest BCUT2D eigenvalue weighted by molar-refractivity contribution is 7.98. The number of aromatic nitrogens is 2. The molecule has 0 unspecified atom stereocenters. The highest BCUT2D eigenvalue weighted by atomic mass is 35.5. The lowest BCUT2D eigenvalue weighted by atomic mass is 9.98. The molecule has 4 aromatic carbocycles. The quantitative estimate of drug-likeness (QED) is 0.0983. The predicted octanol–water partition coefficient (Wildman–Crippen LogP) is 7.28. The van der Waals surface area contributed by atoms with Gasteiger partial charge >= 0.3 is 0 Å². The van der Waals surface area contributed by atoms with E-state index in [4.69, 9.17) is 21.3 Å². The molecule has 0 saturated carbocycles. The second kappa shape index (κ2) is 14.5. The van der Waals surface area contributed by atoms with Crippen molar-refractivity contribution in [2.75, 3.05) is 43.1 Å². The number of methoxy groups -OCH3 is 1. The molecule has 0 atom stereocenters. The number of amides is 1. The molecular formula is C36H34ClN5O2S. The van der Waals surface area contributed by atoms with Crippen LogP contribution in [0.4, 0.5) is 11.5 Å². The molecule has 0 bridgehead atoms. The molecule has 0 spiro atoms. The number of thioether (sulfide) groups is 1. The summed E-state index contributed by atoms with van der Waals surface area (Å²) in [4.78, 5) is 27.4. The van der Waals surface area contributed by atoms with E-state index in [1.54, 1.807) is 7.11 Å². The van der Waals surface area contributed by atoms with E-state index in [2.05, 4.69) is 32.2 Å². The normalized spacial score (nSPS) is 13.1. The summed E-state index contributed by atoms with van der Waals surface area (Å²) in [6.45, 7) is 3.41. The summed E-state index contributed by atoms with van der Waals surface area (Å²) in [5, 5.41) is 4.26. The van der Waals surface area contributed by atoms with Crippen molar-refractivity contribution < 1.29 is 9.53 Å². The summed E-state index contributed by atoms with van der Waals surface area (Å²) >= 11 is 7.96. The summed E-state index contributed by atoms with van der Waals surface area (Å²) in [6.07, 6.45) is 0. The molecule has 0 aliphatic carbocycles.